The van der Waals surface area contributed by atoms with Gasteiger partial charge in [-0.2, -0.15) is 0 Å². The monoisotopic (exact) mass is 215 g/mol. The van der Waals surface area contributed by atoms with Crippen LogP contribution in [0.15, 0.2) is 48.7 Å². The molecule has 0 aliphatic rings. The van der Waals surface area contributed by atoms with Gasteiger partial charge in [0.2, 0.25) is 0 Å². The van der Waals surface area contributed by atoms with Crippen molar-refractivity contribution in [3.8, 4) is 0 Å². The highest BCUT2D eigenvalue weighted by Gasteiger charge is 2.05. The molecule has 0 amide bonds. The van der Waals surface area contributed by atoms with Crippen LogP contribution in [0.1, 0.15) is 0 Å². The van der Waals surface area contributed by atoms with Gasteiger partial charge in [-0.05, 0) is 18.2 Å². The van der Waals surface area contributed by atoms with E-state index >= 15 is 0 Å². The molecule has 0 radical (unpaired) electrons. The Morgan fingerprint density at radius 1 is 1.19 bits per heavy atom. The molecule has 16 heavy (non-hydrogen) atoms. The van der Waals surface area contributed by atoms with Crippen LogP contribution >= 0.6 is 0 Å². The van der Waals surface area contributed by atoms with E-state index < -0.39 is 4.92 Å². The van der Waals surface area contributed by atoms with E-state index in [9.17, 15) is 10.1 Å². The van der Waals surface area contributed by atoms with E-state index in [0.717, 1.165) is 0 Å². The third-order valence-corrected chi connectivity index (χ3v) is 1.99. The second-order valence-corrected chi connectivity index (χ2v) is 3.15. The number of nitrogens with zero attached hydrogens (tertiary/aromatic N) is 2. The third kappa shape index (κ3) is 2.33. The number of hydrogen-bond donors (Lipinski definition) is 1. The van der Waals surface area contributed by atoms with Crippen molar-refractivity contribution in [2.75, 3.05) is 5.32 Å². The number of aromatic nitrogens is 1. The van der Waals surface area contributed by atoms with Crippen molar-refractivity contribution in [2.45, 2.75) is 0 Å². The molecule has 0 aliphatic carbocycles. The van der Waals surface area contributed by atoms with Gasteiger partial charge in [0.25, 0.3) is 5.69 Å². The van der Waals surface area contributed by atoms with E-state index in [0.29, 0.717) is 11.5 Å². The first kappa shape index (κ1) is 10.1. The maximum atomic E-state index is 10.6. The Bertz CT molecular complexity index is 500. The van der Waals surface area contributed by atoms with E-state index in [2.05, 4.69) is 10.3 Å². The molecule has 1 heterocycles. The van der Waals surface area contributed by atoms with Gasteiger partial charge in [-0.15, -0.1) is 0 Å². The lowest BCUT2D eigenvalue weighted by molar-refractivity contribution is -0.384. The van der Waals surface area contributed by atoms with Gasteiger partial charge in [-0.1, -0.05) is 12.1 Å². The van der Waals surface area contributed by atoms with Crippen LogP contribution in [-0.2, 0) is 0 Å². The summed E-state index contributed by atoms with van der Waals surface area (Å²) in [6.45, 7) is 0. The molecule has 0 bridgehead atoms. The van der Waals surface area contributed by atoms with E-state index in [1.165, 1.54) is 12.1 Å². The predicted molar refractivity (Wildman–Crippen MR) is 60.6 cm³/mol. The van der Waals surface area contributed by atoms with Gasteiger partial charge in [0.1, 0.15) is 5.82 Å². The molecule has 5 nitrogen and oxygen atoms in total. The summed E-state index contributed by atoms with van der Waals surface area (Å²) in [4.78, 5) is 14.2. The summed E-state index contributed by atoms with van der Waals surface area (Å²) in [5, 5.41) is 13.6. The van der Waals surface area contributed by atoms with Gasteiger partial charge >= 0.3 is 0 Å². The standard InChI is InChI=1S/C11H9N3O2/c15-14(16)10-5-3-4-9(8-10)13-11-6-1-2-7-12-11/h1-8H,(H,12,13). The smallest absolute Gasteiger partial charge is 0.271 e. The summed E-state index contributed by atoms with van der Waals surface area (Å²) in [6, 6.07) is 11.7. The van der Waals surface area contributed by atoms with E-state index in [4.69, 9.17) is 0 Å². The van der Waals surface area contributed by atoms with Crippen molar-refractivity contribution in [3.05, 3.63) is 58.8 Å². The lowest BCUT2D eigenvalue weighted by Gasteiger charge is -2.04. The van der Waals surface area contributed by atoms with Crippen LogP contribution in [0.4, 0.5) is 17.2 Å². The van der Waals surface area contributed by atoms with Crippen LogP contribution in [0, 0.1) is 10.1 Å². The lowest BCUT2D eigenvalue weighted by Crippen LogP contribution is -1.94. The second kappa shape index (κ2) is 4.39. The predicted octanol–water partition coefficient (Wildman–Crippen LogP) is 2.73. The summed E-state index contributed by atoms with van der Waals surface area (Å²) >= 11 is 0. The fourth-order valence-electron chi connectivity index (χ4n) is 1.28. The average molecular weight is 215 g/mol. The fraction of sp³-hybridized carbons (Fsp3) is 0. The SMILES string of the molecule is O=[N+]([O-])c1cccc(Nc2ccccn2)c1. The van der Waals surface area contributed by atoms with Crippen molar-refractivity contribution in [1.82, 2.24) is 4.98 Å². The van der Waals surface area contributed by atoms with Crippen molar-refractivity contribution in [2.24, 2.45) is 0 Å². The second-order valence-electron chi connectivity index (χ2n) is 3.15. The molecule has 2 rings (SSSR count). The van der Waals surface area contributed by atoms with E-state index in [1.54, 1.807) is 30.5 Å². The number of pyridine rings is 1. The van der Waals surface area contributed by atoms with Gasteiger partial charge < -0.3 is 5.32 Å². The number of hydrogen-bond acceptors (Lipinski definition) is 4. The molecule has 1 aromatic carbocycles. The van der Waals surface area contributed by atoms with Gasteiger partial charge in [0.05, 0.1) is 4.92 Å². The van der Waals surface area contributed by atoms with Crippen LogP contribution in [-0.4, -0.2) is 9.91 Å². The van der Waals surface area contributed by atoms with Crippen molar-refractivity contribution < 1.29 is 4.92 Å². The van der Waals surface area contributed by atoms with Crippen LogP contribution < -0.4 is 5.32 Å². The Labute approximate surface area is 91.9 Å². The number of anilines is 2. The van der Waals surface area contributed by atoms with Crippen molar-refractivity contribution in [3.63, 3.8) is 0 Å². The number of non-ortho nitro benzene ring substituents is 1. The molecule has 0 saturated carbocycles. The largest absolute Gasteiger partial charge is 0.340 e. The van der Waals surface area contributed by atoms with Gasteiger partial charge in [-0.25, -0.2) is 4.98 Å². The zero-order valence-electron chi connectivity index (χ0n) is 8.33. The van der Waals surface area contributed by atoms with Gasteiger partial charge in [0.15, 0.2) is 0 Å². The van der Waals surface area contributed by atoms with Gasteiger partial charge in [-0.3, -0.25) is 10.1 Å². The van der Waals surface area contributed by atoms with Gasteiger partial charge in [0, 0.05) is 24.0 Å². The van der Waals surface area contributed by atoms with Crippen molar-refractivity contribution >= 4 is 17.2 Å². The highest BCUT2D eigenvalue weighted by molar-refractivity contribution is 5.59. The normalized spacial score (nSPS) is 9.75. The molecule has 0 aliphatic heterocycles. The number of benzene rings is 1. The minimum Gasteiger partial charge on any atom is -0.340 e. The topological polar surface area (TPSA) is 68.1 Å². The number of rotatable bonds is 3. The van der Waals surface area contributed by atoms with Crippen LogP contribution in [0.2, 0.25) is 0 Å². The van der Waals surface area contributed by atoms with Crippen molar-refractivity contribution in [1.29, 1.82) is 0 Å². The molecule has 0 unspecified atom stereocenters. The minimum atomic E-state index is -0.427. The summed E-state index contributed by atoms with van der Waals surface area (Å²) < 4.78 is 0. The van der Waals surface area contributed by atoms with Crippen LogP contribution in [0.3, 0.4) is 0 Å². The molecule has 0 spiro atoms. The minimum absolute atomic E-state index is 0.0564. The molecular weight excluding hydrogens is 206 g/mol. The molecule has 0 fully saturated rings. The maximum Gasteiger partial charge on any atom is 0.271 e. The molecule has 1 aromatic heterocycles. The Morgan fingerprint density at radius 2 is 2.06 bits per heavy atom. The fourth-order valence-corrected chi connectivity index (χ4v) is 1.28. The summed E-state index contributed by atoms with van der Waals surface area (Å²) in [5.74, 6) is 0.656. The Morgan fingerprint density at radius 3 is 2.75 bits per heavy atom. The quantitative estimate of drug-likeness (QED) is 0.631. The number of nitro groups is 1. The lowest BCUT2D eigenvalue weighted by atomic mass is 10.3. The maximum absolute atomic E-state index is 10.6. The van der Waals surface area contributed by atoms with E-state index in [-0.39, 0.29) is 5.69 Å². The highest BCUT2D eigenvalue weighted by Crippen LogP contribution is 2.19. The molecule has 0 atom stereocenters. The number of nitrogens with one attached hydrogen (secondary N) is 1. The first-order valence-electron chi connectivity index (χ1n) is 4.68. The van der Waals surface area contributed by atoms with Crippen LogP contribution in [0.5, 0.6) is 0 Å². The molecule has 0 saturated heterocycles. The zero-order valence-corrected chi connectivity index (χ0v) is 8.33. The summed E-state index contributed by atoms with van der Waals surface area (Å²) in [5.41, 5.74) is 0.703. The van der Waals surface area contributed by atoms with E-state index in [1.807, 2.05) is 6.07 Å². The molecule has 2 aromatic rings. The molecular formula is C11H9N3O2. The highest BCUT2D eigenvalue weighted by atomic mass is 16.6. The average Bonchev–Trinajstić information content (AvgIpc) is 2.30. The molecule has 1 N–H and O–H groups in total. The molecule has 80 valence electrons. The zero-order chi connectivity index (χ0) is 11.4. The first-order valence-corrected chi connectivity index (χ1v) is 4.68. The Balaban J connectivity index is 2.22. The third-order valence-electron chi connectivity index (χ3n) is 1.99. The summed E-state index contributed by atoms with van der Waals surface area (Å²) in [7, 11) is 0. The van der Waals surface area contributed by atoms with Crippen LogP contribution in [0.25, 0.3) is 0 Å². The first-order chi connectivity index (χ1) is 7.75. The number of nitro benzene ring substituents is 1. The Kier molecular flexibility index (Phi) is 2.77. The summed E-state index contributed by atoms with van der Waals surface area (Å²) in [6.07, 6.45) is 1.65. The molecule has 5 heteroatoms. The Hall–Kier alpha value is -2.43.